The lowest BCUT2D eigenvalue weighted by Crippen LogP contribution is -2.47. The minimum atomic E-state index is 0.821. The first-order valence-electron chi connectivity index (χ1n) is 8.33. The third kappa shape index (κ3) is 4.64. The minimum absolute atomic E-state index is 0.821. The lowest BCUT2D eigenvalue weighted by atomic mass is 10.2. The predicted molar refractivity (Wildman–Crippen MR) is 91.4 cm³/mol. The van der Waals surface area contributed by atoms with Crippen LogP contribution in [0.2, 0.25) is 0 Å². The summed E-state index contributed by atoms with van der Waals surface area (Å²) in [6.45, 7) is 8.10. The highest BCUT2D eigenvalue weighted by atomic mass is 16.5. The summed E-state index contributed by atoms with van der Waals surface area (Å²) in [5.41, 5.74) is 1.32. The molecule has 0 N–H and O–H groups in total. The number of piperazine rings is 1. The second kappa shape index (κ2) is 8.24. The fourth-order valence-corrected chi connectivity index (χ4v) is 3.01. The fraction of sp³-hybridized carbons (Fsp3) is 0.500. The lowest BCUT2D eigenvalue weighted by Gasteiger charge is -2.34. The molecule has 0 bridgehead atoms. The van der Waals surface area contributed by atoms with Gasteiger partial charge in [-0.25, -0.2) is 4.98 Å². The lowest BCUT2D eigenvalue weighted by molar-refractivity contribution is 0.0921. The highest BCUT2D eigenvalue weighted by molar-refractivity contribution is 5.15. The maximum Gasteiger partial charge on any atom is 0.123 e. The zero-order valence-corrected chi connectivity index (χ0v) is 13.9. The highest BCUT2D eigenvalue weighted by Crippen LogP contribution is 2.10. The Balaban J connectivity index is 1.52. The van der Waals surface area contributed by atoms with E-state index in [2.05, 4.69) is 55.9 Å². The van der Waals surface area contributed by atoms with Crippen molar-refractivity contribution in [3.05, 3.63) is 54.1 Å². The van der Waals surface area contributed by atoms with E-state index in [1.54, 1.807) is 7.11 Å². The zero-order chi connectivity index (χ0) is 15.9. The van der Waals surface area contributed by atoms with Crippen molar-refractivity contribution in [3.8, 4) is 0 Å². The molecule has 0 atom stereocenters. The molecule has 124 valence electrons. The number of rotatable bonds is 7. The van der Waals surface area contributed by atoms with Crippen LogP contribution in [-0.2, 0) is 17.8 Å². The van der Waals surface area contributed by atoms with Crippen molar-refractivity contribution in [1.29, 1.82) is 0 Å². The Labute approximate surface area is 138 Å². The third-order valence-electron chi connectivity index (χ3n) is 4.44. The van der Waals surface area contributed by atoms with Crippen LogP contribution in [-0.4, -0.2) is 65.8 Å². The molecule has 0 amide bonds. The van der Waals surface area contributed by atoms with Gasteiger partial charge in [0.1, 0.15) is 5.82 Å². The molecular weight excluding hydrogens is 288 g/mol. The van der Waals surface area contributed by atoms with Gasteiger partial charge in [0.05, 0.1) is 13.2 Å². The van der Waals surface area contributed by atoms with Gasteiger partial charge in [-0.1, -0.05) is 30.3 Å². The molecular formula is C18H26N4O. The molecule has 1 saturated heterocycles. The van der Waals surface area contributed by atoms with E-state index in [0.29, 0.717) is 0 Å². The number of hydrogen-bond acceptors (Lipinski definition) is 4. The van der Waals surface area contributed by atoms with Gasteiger partial charge in [-0.05, 0) is 5.56 Å². The van der Waals surface area contributed by atoms with Crippen molar-refractivity contribution < 1.29 is 4.74 Å². The van der Waals surface area contributed by atoms with Crippen molar-refractivity contribution in [2.24, 2.45) is 0 Å². The van der Waals surface area contributed by atoms with E-state index in [1.165, 1.54) is 5.56 Å². The Hall–Kier alpha value is -1.69. The molecule has 23 heavy (non-hydrogen) atoms. The van der Waals surface area contributed by atoms with Gasteiger partial charge in [-0.3, -0.25) is 9.80 Å². The largest absolute Gasteiger partial charge is 0.383 e. The van der Waals surface area contributed by atoms with Crippen LogP contribution in [0.25, 0.3) is 0 Å². The van der Waals surface area contributed by atoms with E-state index < -0.39 is 0 Å². The summed E-state index contributed by atoms with van der Waals surface area (Å²) in [6.07, 6.45) is 3.99. The van der Waals surface area contributed by atoms with Gasteiger partial charge in [-0.15, -0.1) is 0 Å². The first kappa shape index (κ1) is 16.2. The number of aromatic nitrogens is 2. The topological polar surface area (TPSA) is 33.5 Å². The quantitative estimate of drug-likeness (QED) is 0.779. The average molecular weight is 314 g/mol. The number of ether oxygens (including phenoxy) is 1. The van der Waals surface area contributed by atoms with E-state index in [1.807, 2.05) is 6.20 Å². The molecule has 1 aromatic heterocycles. The van der Waals surface area contributed by atoms with Crippen LogP contribution in [0, 0.1) is 0 Å². The third-order valence-corrected chi connectivity index (χ3v) is 4.44. The van der Waals surface area contributed by atoms with Gasteiger partial charge >= 0.3 is 0 Å². The van der Waals surface area contributed by atoms with Gasteiger partial charge in [0, 0.05) is 58.8 Å². The van der Waals surface area contributed by atoms with Crippen LogP contribution < -0.4 is 0 Å². The van der Waals surface area contributed by atoms with E-state index in [9.17, 15) is 0 Å². The smallest absolute Gasteiger partial charge is 0.123 e. The van der Waals surface area contributed by atoms with Gasteiger partial charge < -0.3 is 9.30 Å². The number of benzene rings is 1. The van der Waals surface area contributed by atoms with Crippen molar-refractivity contribution in [3.63, 3.8) is 0 Å². The van der Waals surface area contributed by atoms with Gasteiger partial charge in [0.2, 0.25) is 0 Å². The van der Waals surface area contributed by atoms with E-state index >= 15 is 0 Å². The van der Waals surface area contributed by atoms with Crippen molar-refractivity contribution >= 4 is 0 Å². The van der Waals surface area contributed by atoms with E-state index in [0.717, 1.165) is 58.2 Å². The molecule has 3 rings (SSSR count). The van der Waals surface area contributed by atoms with Crippen LogP contribution in [0.4, 0.5) is 0 Å². The van der Waals surface area contributed by atoms with Gasteiger partial charge in [0.25, 0.3) is 0 Å². The monoisotopic (exact) mass is 314 g/mol. The summed E-state index contributed by atoms with van der Waals surface area (Å²) < 4.78 is 7.42. The molecule has 2 heterocycles. The molecule has 0 aliphatic carbocycles. The Kier molecular flexibility index (Phi) is 5.80. The van der Waals surface area contributed by atoms with Gasteiger partial charge in [-0.2, -0.15) is 0 Å². The standard InChI is InChI=1S/C18H26N4O/c1-23-14-13-20-9-11-21(12-10-20)16-18-19-7-8-22(18)15-17-5-3-2-4-6-17/h2-8H,9-16H2,1H3. The predicted octanol–water partition coefficient (Wildman–Crippen LogP) is 1.70. The molecule has 5 nitrogen and oxygen atoms in total. The Bertz CT molecular complexity index is 576. The fourth-order valence-electron chi connectivity index (χ4n) is 3.01. The maximum atomic E-state index is 5.16. The number of imidazole rings is 1. The molecule has 0 saturated carbocycles. The van der Waals surface area contributed by atoms with E-state index in [-0.39, 0.29) is 0 Å². The first-order valence-corrected chi connectivity index (χ1v) is 8.33. The SMILES string of the molecule is COCCN1CCN(Cc2nccn2Cc2ccccc2)CC1. The number of nitrogens with zero attached hydrogens (tertiary/aromatic N) is 4. The maximum absolute atomic E-state index is 5.16. The molecule has 1 aliphatic rings. The number of methoxy groups -OCH3 is 1. The second-order valence-corrected chi connectivity index (χ2v) is 6.07. The molecule has 2 aromatic rings. The summed E-state index contributed by atoms with van der Waals surface area (Å²) in [5, 5.41) is 0. The van der Waals surface area contributed by atoms with Crippen LogP contribution in [0.1, 0.15) is 11.4 Å². The Morgan fingerprint density at radius 2 is 1.74 bits per heavy atom. The van der Waals surface area contributed by atoms with Crippen molar-refractivity contribution in [2.45, 2.75) is 13.1 Å². The summed E-state index contributed by atoms with van der Waals surface area (Å²) >= 11 is 0. The Morgan fingerprint density at radius 3 is 2.48 bits per heavy atom. The summed E-state index contributed by atoms with van der Waals surface area (Å²) in [7, 11) is 1.77. The molecule has 1 aromatic carbocycles. The summed E-state index contributed by atoms with van der Waals surface area (Å²) in [4.78, 5) is 9.52. The zero-order valence-electron chi connectivity index (χ0n) is 13.9. The molecule has 1 aliphatic heterocycles. The molecule has 0 unspecified atom stereocenters. The van der Waals surface area contributed by atoms with Crippen LogP contribution in [0.3, 0.4) is 0 Å². The normalized spacial score (nSPS) is 16.7. The molecule has 0 spiro atoms. The second-order valence-electron chi connectivity index (χ2n) is 6.07. The summed E-state index contributed by atoms with van der Waals surface area (Å²) in [6, 6.07) is 10.6. The molecule has 1 fully saturated rings. The van der Waals surface area contributed by atoms with Crippen molar-refractivity contribution in [1.82, 2.24) is 19.4 Å². The first-order chi connectivity index (χ1) is 11.3. The van der Waals surface area contributed by atoms with Crippen LogP contribution in [0.15, 0.2) is 42.7 Å². The minimum Gasteiger partial charge on any atom is -0.383 e. The average Bonchev–Trinajstić information content (AvgIpc) is 3.02. The molecule has 0 radical (unpaired) electrons. The van der Waals surface area contributed by atoms with Crippen molar-refractivity contribution in [2.75, 3.05) is 46.4 Å². The van der Waals surface area contributed by atoms with Crippen LogP contribution >= 0.6 is 0 Å². The summed E-state index contributed by atoms with van der Waals surface area (Å²) in [5.74, 6) is 1.15. The van der Waals surface area contributed by atoms with E-state index in [4.69, 9.17) is 4.74 Å². The molecule has 5 heteroatoms. The van der Waals surface area contributed by atoms with Crippen LogP contribution in [0.5, 0.6) is 0 Å². The Morgan fingerprint density at radius 1 is 1.00 bits per heavy atom. The van der Waals surface area contributed by atoms with Gasteiger partial charge in [0.15, 0.2) is 0 Å². The highest BCUT2D eigenvalue weighted by Gasteiger charge is 2.18. The number of hydrogen-bond donors (Lipinski definition) is 0.